The van der Waals surface area contributed by atoms with Gasteiger partial charge in [-0.3, -0.25) is 0 Å². The van der Waals surface area contributed by atoms with Crippen LogP contribution in [0.2, 0.25) is 0 Å². The largest absolute Gasteiger partial charge is 0.508 e. The van der Waals surface area contributed by atoms with Crippen LogP contribution in [0, 0.1) is 0 Å². The van der Waals surface area contributed by atoms with Gasteiger partial charge in [0.2, 0.25) is 0 Å². The van der Waals surface area contributed by atoms with Crippen molar-refractivity contribution in [2.75, 3.05) is 6.54 Å². The summed E-state index contributed by atoms with van der Waals surface area (Å²) in [4.78, 5) is 0. The Bertz CT molecular complexity index is 373. The summed E-state index contributed by atoms with van der Waals surface area (Å²) in [5, 5.41) is 18.3. The van der Waals surface area contributed by atoms with Gasteiger partial charge in [0.25, 0.3) is 6.08 Å². The molecule has 0 saturated heterocycles. The predicted molar refractivity (Wildman–Crippen MR) is 48.0 cm³/mol. The number of phenols is 2. The second-order valence-corrected chi connectivity index (χ2v) is 2.64. The Kier molecular flexibility index (Phi) is 3.03. The SMILES string of the molecule is NCC(=C(F)F)c1cc(O)ccc1O. The fourth-order valence-corrected chi connectivity index (χ4v) is 1.05. The number of benzene rings is 1. The number of halogens is 2. The van der Waals surface area contributed by atoms with Crippen LogP contribution in [0.3, 0.4) is 0 Å². The molecule has 0 aliphatic rings. The number of aromatic hydroxyl groups is 2. The molecule has 0 heterocycles. The first-order chi connectivity index (χ1) is 6.56. The molecule has 0 amide bonds. The Morgan fingerprint density at radius 1 is 1.29 bits per heavy atom. The maximum Gasteiger partial charge on any atom is 0.275 e. The van der Waals surface area contributed by atoms with Gasteiger partial charge in [0.05, 0.1) is 0 Å². The van der Waals surface area contributed by atoms with Crippen molar-refractivity contribution in [1.29, 1.82) is 0 Å². The zero-order chi connectivity index (χ0) is 10.7. The van der Waals surface area contributed by atoms with Gasteiger partial charge < -0.3 is 15.9 Å². The van der Waals surface area contributed by atoms with Crippen LogP contribution in [0.15, 0.2) is 24.3 Å². The molecule has 0 radical (unpaired) electrons. The average molecular weight is 201 g/mol. The zero-order valence-corrected chi connectivity index (χ0v) is 7.17. The average Bonchev–Trinajstić information content (AvgIpc) is 2.11. The molecule has 1 aromatic carbocycles. The normalized spacial score (nSPS) is 9.93. The summed E-state index contributed by atoms with van der Waals surface area (Å²) in [6.45, 7) is -0.403. The Morgan fingerprint density at radius 3 is 2.43 bits per heavy atom. The lowest BCUT2D eigenvalue weighted by Crippen LogP contribution is -2.03. The lowest BCUT2D eigenvalue weighted by Gasteiger charge is -2.06. The highest BCUT2D eigenvalue weighted by atomic mass is 19.3. The summed E-state index contributed by atoms with van der Waals surface area (Å²) < 4.78 is 24.6. The number of hydrogen-bond donors (Lipinski definition) is 3. The van der Waals surface area contributed by atoms with Crippen molar-refractivity contribution in [3.63, 3.8) is 0 Å². The van der Waals surface area contributed by atoms with Gasteiger partial charge in [-0.15, -0.1) is 0 Å². The van der Waals surface area contributed by atoms with Gasteiger partial charge in [0, 0.05) is 17.7 Å². The molecule has 0 saturated carbocycles. The van der Waals surface area contributed by atoms with Gasteiger partial charge in [-0.25, -0.2) is 0 Å². The van der Waals surface area contributed by atoms with Gasteiger partial charge in [0.1, 0.15) is 11.5 Å². The number of nitrogens with two attached hydrogens (primary N) is 1. The summed E-state index contributed by atoms with van der Waals surface area (Å²) in [6, 6.07) is 3.36. The molecule has 1 rings (SSSR count). The molecule has 0 atom stereocenters. The minimum Gasteiger partial charge on any atom is -0.508 e. The van der Waals surface area contributed by atoms with Crippen LogP contribution < -0.4 is 5.73 Å². The lowest BCUT2D eigenvalue weighted by atomic mass is 10.1. The van der Waals surface area contributed by atoms with Gasteiger partial charge in [-0.1, -0.05) is 0 Å². The van der Waals surface area contributed by atoms with Crippen LogP contribution in [0.5, 0.6) is 11.5 Å². The second-order valence-electron chi connectivity index (χ2n) is 2.64. The van der Waals surface area contributed by atoms with Crippen LogP contribution in [-0.2, 0) is 0 Å². The highest BCUT2D eigenvalue weighted by Gasteiger charge is 2.12. The molecule has 0 spiro atoms. The molecule has 0 aliphatic heterocycles. The summed E-state index contributed by atoms with van der Waals surface area (Å²) in [5.74, 6) is -0.541. The highest BCUT2D eigenvalue weighted by molar-refractivity contribution is 5.72. The van der Waals surface area contributed by atoms with Crippen LogP contribution in [0.25, 0.3) is 5.57 Å². The number of rotatable bonds is 2. The smallest absolute Gasteiger partial charge is 0.275 e. The molecule has 14 heavy (non-hydrogen) atoms. The first-order valence-corrected chi connectivity index (χ1v) is 3.83. The van der Waals surface area contributed by atoms with Crippen molar-refractivity contribution in [2.45, 2.75) is 0 Å². The summed E-state index contributed by atoms with van der Waals surface area (Å²) in [7, 11) is 0. The quantitative estimate of drug-likeness (QED) is 0.637. The third-order valence-corrected chi connectivity index (χ3v) is 1.74. The van der Waals surface area contributed by atoms with E-state index in [2.05, 4.69) is 0 Å². The Morgan fingerprint density at radius 2 is 1.93 bits per heavy atom. The first-order valence-electron chi connectivity index (χ1n) is 3.83. The second kappa shape index (κ2) is 4.06. The molecule has 1 aromatic rings. The van der Waals surface area contributed by atoms with Crippen LogP contribution in [0.4, 0.5) is 8.78 Å². The van der Waals surface area contributed by atoms with Crippen molar-refractivity contribution in [1.82, 2.24) is 0 Å². The standard InChI is InChI=1S/C9H9F2NO2/c10-9(11)7(4-12)6-3-5(13)1-2-8(6)14/h1-3,13-14H,4,12H2. The van der Waals surface area contributed by atoms with Crippen LogP contribution in [-0.4, -0.2) is 16.8 Å². The summed E-state index contributed by atoms with van der Waals surface area (Å²) in [6.07, 6.45) is -1.96. The maximum atomic E-state index is 12.3. The van der Waals surface area contributed by atoms with E-state index in [0.717, 1.165) is 12.1 Å². The minimum absolute atomic E-state index is 0.146. The zero-order valence-electron chi connectivity index (χ0n) is 7.17. The summed E-state index contributed by atoms with van der Waals surface area (Å²) >= 11 is 0. The third kappa shape index (κ3) is 2.00. The van der Waals surface area contributed by atoms with E-state index < -0.39 is 18.2 Å². The van der Waals surface area contributed by atoms with Crippen molar-refractivity contribution in [3.05, 3.63) is 29.8 Å². The Balaban J connectivity index is 3.30. The fraction of sp³-hybridized carbons (Fsp3) is 0.111. The van der Waals surface area contributed by atoms with Crippen LogP contribution in [0.1, 0.15) is 5.56 Å². The Hall–Kier alpha value is -1.62. The van der Waals surface area contributed by atoms with Crippen LogP contribution >= 0.6 is 0 Å². The fourth-order valence-electron chi connectivity index (χ4n) is 1.05. The van der Waals surface area contributed by atoms with Gasteiger partial charge in [-0.05, 0) is 18.2 Å². The monoisotopic (exact) mass is 201 g/mol. The third-order valence-electron chi connectivity index (χ3n) is 1.74. The van der Waals surface area contributed by atoms with E-state index in [-0.39, 0.29) is 17.1 Å². The van der Waals surface area contributed by atoms with E-state index in [9.17, 15) is 13.9 Å². The lowest BCUT2D eigenvalue weighted by molar-refractivity contribution is 0.422. The molecule has 0 aliphatic carbocycles. The van der Waals surface area contributed by atoms with E-state index in [0.29, 0.717) is 0 Å². The van der Waals surface area contributed by atoms with Gasteiger partial charge in [-0.2, -0.15) is 8.78 Å². The Labute approximate surface area is 79.1 Å². The highest BCUT2D eigenvalue weighted by Crippen LogP contribution is 2.30. The molecule has 0 aromatic heterocycles. The molecular weight excluding hydrogens is 192 g/mol. The molecule has 0 fully saturated rings. The molecule has 0 bridgehead atoms. The topological polar surface area (TPSA) is 66.5 Å². The van der Waals surface area contributed by atoms with Crippen molar-refractivity contribution in [3.8, 4) is 11.5 Å². The van der Waals surface area contributed by atoms with E-state index in [1.807, 2.05) is 0 Å². The predicted octanol–water partition coefficient (Wildman–Crippen LogP) is 1.66. The minimum atomic E-state index is -1.96. The van der Waals surface area contributed by atoms with E-state index >= 15 is 0 Å². The molecule has 5 heteroatoms. The molecule has 76 valence electrons. The maximum absolute atomic E-state index is 12.3. The molecular formula is C9H9F2NO2. The number of phenolic OH excluding ortho intramolecular Hbond substituents is 2. The van der Waals surface area contributed by atoms with Crippen molar-refractivity contribution in [2.24, 2.45) is 5.73 Å². The van der Waals surface area contributed by atoms with Crippen molar-refractivity contribution < 1.29 is 19.0 Å². The molecule has 3 nitrogen and oxygen atoms in total. The first kappa shape index (κ1) is 10.5. The van der Waals surface area contributed by atoms with Gasteiger partial charge >= 0.3 is 0 Å². The molecule has 0 unspecified atom stereocenters. The molecule has 4 N–H and O–H groups in total. The van der Waals surface area contributed by atoms with E-state index in [4.69, 9.17) is 10.8 Å². The van der Waals surface area contributed by atoms with E-state index in [1.165, 1.54) is 6.07 Å². The van der Waals surface area contributed by atoms with Gasteiger partial charge in [0.15, 0.2) is 0 Å². The summed E-state index contributed by atoms with van der Waals surface area (Å²) in [5.41, 5.74) is 4.47. The van der Waals surface area contributed by atoms with Crippen molar-refractivity contribution >= 4 is 5.57 Å². The van der Waals surface area contributed by atoms with E-state index in [1.54, 1.807) is 0 Å². The number of hydrogen-bond acceptors (Lipinski definition) is 3.